The quantitative estimate of drug-likeness (QED) is 0.184. The van der Waals surface area contributed by atoms with Gasteiger partial charge in [0.2, 0.25) is 0 Å². The van der Waals surface area contributed by atoms with Crippen molar-refractivity contribution in [3.05, 3.63) is 0 Å². The van der Waals surface area contributed by atoms with Gasteiger partial charge in [-0.2, -0.15) is 0 Å². The lowest BCUT2D eigenvalue weighted by Crippen LogP contribution is -2.69. The van der Waals surface area contributed by atoms with Crippen LogP contribution in [0.1, 0.15) is 0 Å². The summed E-state index contributed by atoms with van der Waals surface area (Å²) in [6.07, 6.45) is -1.77. The maximum atomic E-state index is 12.2. The molecule has 5 aliphatic heterocycles. The standard InChI is InChI=1S/C22H34N2O12/c1-27-3-5-29-7-15(25)31-9-21-11-33-17-19-24-20(18(23(17)21)34-12-21)36-14-22(24,13-35-19)10-32-16(26)8-30-6-4-28-2/h17-20H,3-14H2,1-2H3/t17-,18-,19+,20+,21?,22?. The molecule has 0 aromatic carbocycles. The first kappa shape index (κ1) is 26.2. The molecule has 0 aromatic rings. The van der Waals surface area contributed by atoms with Crippen molar-refractivity contribution in [3.63, 3.8) is 0 Å². The largest absolute Gasteiger partial charge is 0.462 e. The molecule has 14 heteroatoms. The number of esters is 2. The van der Waals surface area contributed by atoms with Gasteiger partial charge in [0, 0.05) is 14.2 Å². The third-order valence-corrected chi connectivity index (χ3v) is 7.08. The van der Waals surface area contributed by atoms with Crippen LogP contribution >= 0.6 is 0 Å². The minimum atomic E-state index is -0.643. The molecule has 4 atom stereocenters. The van der Waals surface area contributed by atoms with Gasteiger partial charge in [0.25, 0.3) is 0 Å². The van der Waals surface area contributed by atoms with E-state index in [1.165, 1.54) is 0 Å². The van der Waals surface area contributed by atoms with Crippen LogP contribution in [0.15, 0.2) is 0 Å². The number of rotatable bonds is 14. The number of ether oxygens (including phenoxy) is 10. The fourth-order valence-corrected chi connectivity index (χ4v) is 5.34. The van der Waals surface area contributed by atoms with Crippen molar-refractivity contribution >= 4 is 11.9 Å². The first-order valence-electron chi connectivity index (χ1n) is 12.0. The highest BCUT2D eigenvalue weighted by Gasteiger charge is 2.72. The van der Waals surface area contributed by atoms with E-state index in [1.807, 2.05) is 0 Å². The van der Waals surface area contributed by atoms with Gasteiger partial charge in [0.15, 0.2) is 24.9 Å². The Morgan fingerprint density at radius 2 is 1.03 bits per heavy atom. The molecule has 204 valence electrons. The summed E-state index contributed by atoms with van der Waals surface area (Å²) >= 11 is 0. The summed E-state index contributed by atoms with van der Waals surface area (Å²) in [5, 5.41) is 0. The minimum Gasteiger partial charge on any atom is -0.462 e. The van der Waals surface area contributed by atoms with Crippen molar-refractivity contribution in [1.82, 2.24) is 9.80 Å². The van der Waals surface area contributed by atoms with Crippen LogP contribution in [0.25, 0.3) is 0 Å². The zero-order chi connectivity index (χ0) is 25.2. The molecule has 14 nitrogen and oxygen atoms in total. The molecule has 0 bridgehead atoms. The third kappa shape index (κ3) is 4.75. The predicted molar refractivity (Wildman–Crippen MR) is 115 cm³/mol. The van der Waals surface area contributed by atoms with Crippen molar-refractivity contribution in [3.8, 4) is 0 Å². The lowest BCUT2D eigenvalue weighted by Gasteiger charge is -2.47. The average molecular weight is 519 g/mol. The van der Waals surface area contributed by atoms with Crippen molar-refractivity contribution in [2.24, 2.45) is 0 Å². The molecule has 5 saturated heterocycles. The van der Waals surface area contributed by atoms with Gasteiger partial charge < -0.3 is 47.4 Å². The molecular weight excluding hydrogens is 484 g/mol. The number of nitrogens with zero attached hydrogens (tertiary/aromatic N) is 2. The van der Waals surface area contributed by atoms with Crippen molar-refractivity contribution in [1.29, 1.82) is 0 Å². The SMILES string of the molecule is COCCOCC(=O)OCC12CO[C@@H]3[C@@H]4OCC5(COC(=O)COCCOC)CO[C@@H]([C@@H](OC1)N32)N45. The second kappa shape index (κ2) is 11.1. The van der Waals surface area contributed by atoms with E-state index in [-0.39, 0.29) is 26.4 Å². The Morgan fingerprint density at radius 1 is 0.667 bits per heavy atom. The maximum absolute atomic E-state index is 12.2. The van der Waals surface area contributed by atoms with E-state index in [4.69, 9.17) is 47.4 Å². The van der Waals surface area contributed by atoms with Gasteiger partial charge in [0.05, 0.1) is 52.9 Å². The van der Waals surface area contributed by atoms with Crippen molar-refractivity contribution in [2.45, 2.75) is 36.0 Å². The lowest BCUT2D eigenvalue weighted by molar-refractivity contribution is -0.254. The molecule has 0 aromatic heterocycles. The molecule has 5 aliphatic rings. The van der Waals surface area contributed by atoms with Crippen LogP contribution in [0.2, 0.25) is 0 Å². The summed E-state index contributed by atoms with van der Waals surface area (Å²) < 4.78 is 56.0. The van der Waals surface area contributed by atoms with E-state index in [0.29, 0.717) is 52.9 Å². The number of carbonyl (C=O) groups excluding carboxylic acids is 2. The second-order valence-corrected chi connectivity index (χ2v) is 9.48. The average Bonchev–Trinajstić information content (AvgIpc) is 3.63. The van der Waals surface area contributed by atoms with E-state index in [0.717, 1.165) is 0 Å². The molecule has 5 rings (SSSR count). The summed E-state index contributed by atoms with van der Waals surface area (Å²) in [6, 6.07) is 0. The van der Waals surface area contributed by atoms with Crippen molar-refractivity contribution < 1.29 is 57.0 Å². The fourth-order valence-electron chi connectivity index (χ4n) is 5.34. The summed E-state index contributed by atoms with van der Waals surface area (Å²) in [4.78, 5) is 28.5. The number of hydrogen-bond donors (Lipinski definition) is 0. The highest BCUT2D eigenvalue weighted by molar-refractivity contribution is 5.71. The number of carbonyl (C=O) groups is 2. The number of hydrogen-bond acceptors (Lipinski definition) is 14. The van der Waals surface area contributed by atoms with Gasteiger partial charge in [-0.1, -0.05) is 0 Å². The molecule has 36 heavy (non-hydrogen) atoms. The molecule has 0 N–H and O–H groups in total. The third-order valence-electron chi connectivity index (χ3n) is 7.08. The Bertz CT molecular complexity index is 707. The molecule has 0 saturated carbocycles. The summed E-state index contributed by atoms with van der Waals surface area (Å²) in [5.74, 6) is -0.931. The Kier molecular flexibility index (Phi) is 8.07. The van der Waals surface area contributed by atoms with Gasteiger partial charge in [0.1, 0.15) is 37.5 Å². The highest BCUT2D eigenvalue weighted by Crippen LogP contribution is 2.51. The van der Waals surface area contributed by atoms with E-state index in [1.54, 1.807) is 14.2 Å². The molecule has 0 amide bonds. The lowest BCUT2D eigenvalue weighted by atomic mass is 9.99. The molecule has 0 spiro atoms. The van der Waals surface area contributed by atoms with Gasteiger partial charge in [-0.25, -0.2) is 19.4 Å². The number of piperazine rings is 1. The van der Waals surface area contributed by atoms with Crippen LogP contribution in [0.3, 0.4) is 0 Å². The molecule has 0 radical (unpaired) electrons. The zero-order valence-electron chi connectivity index (χ0n) is 20.6. The fraction of sp³-hybridized carbons (Fsp3) is 0.909. The van der Waals surface area contributed by atoms with E-state index < -0.39 is 47.9 Å². The molecule has 0 aliphatic carbocycles. The molecule has 0 unspecified atom stereocenters. The molecule has 5 heterocycles. The Hall–Kier alpha value is -1.46. The Labute approximate surface area is 208 Å². The van der Waals surface area contributed by atoms with E-state index >= 15 is 0 Å². The van der Waals surface area contributed by atoms with Crippen LogP contribution in [0, 0.1) is 0 Å². The van der Waals surface area contributed by atoms with Gasteiger partial charge in [-0.3, -0.25) is 0 Å². The van der Waals surface area contributed by atoms with Crippen LogP contribution in [-0.2, 0) is 57.0 Å². The van der Waals surface area contributed by atoms with Crippen molar-refractivity contribution in [2.75, 3.05) is 93.5 Å². The number of methoxy groups -OCH3 is 2. The van der Waals surface area contributed by atoms with E-state index in [2.05, 4.69) is 9.80 Å². The van der Waals surface area contributed by atoms with Crippen LogP contribution in [0.5, 0.6) is 0 Å². The number of fused-ring (bicyclic) bond motifs is 2. The smallest absolute Gasteiger partial charge is 0.332 e. The highest BCUT2D eigenvalue weighted by atomic mass is 16.7. The molecular formula is C22H34N2O12. The predicted octanol–water partition coefficient (Wildman–Crippen LogP) is -2.08. The van der Waals surface area contributed by atoms with E-state index in [9.17, 15) is 9.59 Å². The van der Waals surface area contributed by atoms with Crippen LogP contribution in [0.4, 0.5) is 0 Å². The minimum absolute atomic E-state index is 0.0950. The first-order valence-corrected chi connectivity index (χ1v) is 12.0. The summed E-state index contributed by atoms with van der Waals surface area (Å²) in [6.45, 7) is 2.55. The first-order chi connectivity index (χ1) is 17.5. The monoisotopic (exact) mass is 518 g/mol. The zero-order valence-corrected chi connectivity index (χ0v) is 20.6. The van der Waals surface area contributed by atoms with Crippen LogP contribution < -0.4 is 0 Å². The van der Waals surface area contributed by atoms with Gasteiger partial charge >= 0.3 is 11.9 Å². The van der Waals surface area contributed by atoms with Gasteiger partial charge in [-0.05, 0) is 0 Å². The summed E-state index contributed by atoms with van der Waals surface area (Å²) in [5.41, 5.74) is -1.29. The summed E-state index contributed by atoms with van der Waals surface area (Å²) in [7, 11) is 3.13. The normalized spacial score (nSPS) is 36.7. The molecule has 5 fully saturated rings. The topological polar surface area (TPSA) is 133 Å². The van der Waals surface area contributed by atoms with Gasteiger partial charge in [-0.15, -0.1) is 0 Å². The maximum Gasteiger partial charge on any atom is 0.332 e. The Balaban J connectivity index is 1.18. The van der Waals surface area contributed by atoms with Crippen LogP contribution in [-0.4, -0.2) is 151 Å². The Morgan fingerprint density at radius 3 is 1.36 bits per heavy atom. The second-order valence-electron chi connectivity index (χ2n) is 9.48.